The fourth-order valence-corrected chi connectivity index (χ4v) is 3.39. The van der Waals surface area contributed by atoms with Crippen molar-refractivity contribution in [2.24, 2.45) is 7.05 Å². The first-order valence-corrected chi connectivity index (χ1v) is 11.2. The zero-order chi connectivity index (χ0) is 23.7. The number of allylic oxidation sites excluding steroid dienone is 3. The monoisotopic (exact) mass is 459 g/mol. The minimum Gasteiger partial charge on any atom is -0.339 e. The highest BCUT2D eigenvalue weighted by Gasteiger charge is 2.26. The summed E-state index contributed by atoms with van der Waals surface area (Å²) in [4.78, 5) is 38.2. The first kappa shape index (κ1) is 25.2. The zero-order valence-electron chi connectivity index (χ0n) is 18.3. The minimum atomic E-state index is -4.74. The number of hydrogen-bond donors (Lipinski definition) is 2. The fourth-order valence-electron chi connectivity index (χ4n) is 2.86. The van der Waals surface area contributed by atoms with E-state index in [2.05, 4.69) is 27.0 Å². The molecule has 2 rings (SSSR count). The maximum absolute atomic E-state index is 12.9. The van der Waals surface area contributed by atoms with Crippen molar-refractivity contribution in [1.82, 2.24) is 24.9 Å². The number of carbonyl (C=O) groups excluding carboxylic acids is 1. The average Bonchev–Trinajstić information content (AvgIpc) is 3.15. The van der Waals surface area contributed by atoms with E-state index in [0.717, 1.165) is 5.57 Å². The number of pyridine rings is 1. The van der Waals surface area contributed by atoms with E-state index in [1.807, 2.05) is 32.1 Å². The summed E-state index contributed by atoms with van der Waals surface area (Å²) in [5, 5.41) is 8.01. The fraction of sp³-hybridized carbons (Fsp3) is 0.333. The highest BCUT2D eigenvalue weighted by Crippen LogP contribution is 2.39. The second-order valence-corrected chi connectivity index (χ2v) is 8.09. The van der Waals surface area contributed by atoms with Crippen LogP contribution < -0.4 is 0 Å². The largest absolute Gasteiger partial charge is 0.469 e. The summed E-state index contributed by atoms with van der Waals surface area (Å²) in [6, 6.07) is 1.59. The molecule has 0 fully saturated rings. The zero-order valence-corrected chi connectivity index (χ0v) is 19.2. The van der Waals surface area contributed by atoms with E-state index in [-0.39, 0.29) is 24.4 Å². The molecule has 0 aliphatic rings. The lowest BCUT2D eigenvalue weighted by atomic mass is 10.1. The van der Waals surface area contributed by atoms with Crippen molar-refractivity contribution in [3.05, 3.63) is 65.3 Å². The predicted molar refractivity (Wildman–Crippen MR) is 118 cm³/mol. The standard InChI is InChI=1S/C21H26N5O5P/c1-5-7-16(6-2)11-20(31-32(28,29)30)15-25(3)21(27)18-10-17(12-22-13-18)8-9-19-14-23-26(4)24-19/h5-7,10,12-14,20H,11,15H2,1-4H3,(H2,28,29,30)/b7-5-,16-6+/t20-/m0/s1. The Hall–Kier alpha value is -3.09. The number of aryl methyl sites for hydroxylation is 1. The molecule has 0 spiro atoms. The van der Waals surface area contributed by atoms with Gasteiger partial charge in [0.05, 0.1) is 17.9 Å². The molecule has 0 saturated heterocycles. The van der Waals surface area contributed by atoms with Crippen molar-refractivity contribution in [3.8, 4) is 11.8 Å². The smallest absolute Gasteiger partial charge is 0.339 e. The number of phosphoric acid groups is 1. The normalized spacial score (nSPS) is 13.0. The molecule has 0 bridgehead atoms. The Morgan fingerprint density at radius 3 is 2.66 bits per heavy atom. The highest BCUT2D eigenvalue weighted by atomic mass is 31.2. The first-order valence-electron chi connectivity index (χ1n) is 9.72. The van der Waals surface area contributed by atoms with E-state index < -0.39 is 13.9 Å². The second-order valence-electron chi connectivity index (χ2n) is 6.90. The Morgan fingerprint density at radius 1 is 1.31 bits per heavy atom. The lowest BCUT2D eigenvalue weighted by molar-refractivity contribution is 0.0656. The summed E-state index contributed by atoms with van der Waals surface area (Å²) < 4.78 is 16.4. The van der Waals surface area contributed by atoms with E-state index in [1.165, 1.54) is 35.3 Å². The third-order valence-corrected chi connectivity index (χ3v) is 4.82. The predicted octanol–water partition coefficient (Wildman–Crippen LogP) is 2.07. The lowest BCUT2D eigenvalue weighted by Crippen LogP contribution is -2.35. The van der Waals surface area contributed by atoms with E-state index in [4.69, 9.17) is 4.52 Å². The molecule has 10 nitrogen and oxygen atoms in total. The van der Waals surface area contributed by atoms with Gasteiger partial charge < -0.3 is 14.7 Å². The Balaban J connectivity index is 2.16. The molecule has 2 N–H and O–H groups in total. The van der Waals surface area contributed by atoms with Crippen molar-refractivity contribution < 1.29 is 23.7 Å². The molecule has 0 aliphatic carbocycles. The number of rotatable bonds is 8. The minimum absolute atomic E-state index is 0.0334. The van der Waals surface area contributed by atoms with Crippen LogP contribution in [0.5, 0.6) is 0 Å². The summed E-state index contributed by atoms with van der Waals surface area (Å²) >= 11 is 0. The number of phosphoric ester groups is 1. The van der Waals surface area contributed by atoms with Gasteiger partial charge in [-0.25, -0.2) is 4.57 Å². The van der Waals surface area contributed by atoms with E-state index in [1.54, 1.807) is 13.1 Å². The van der Waals surface area contributed by atoms with Crippen molar-refractivity contribution in [3.63, 3.8) is 0 Å². The first-order chi connectivity index (χ1) is 15.1. The number of carbonyl (C=O) groups is 1. The van der Waals surface area contributed by atoms with Crippen molar-refractivity contribution >= 4 is 13.7 Å². The molecule has 2 heterocycles. The molecular formula is C21H26N5O5P. The summed E-state index contributed by atoms with van der Waals surface area (Å²) in [7, 11) is -1.53. The van der Waals surface area contributed by atoms with Crippen LogP contribution in [-0.4, -0.2) is 60.3 Å². The van der Waals surface area contributed by atoms with Crippen molar-refractivity contribution in [1.29, 1.82) is 0 Å². The molecular weight excluding hydrogens is 433 g/mol. The summed E-state index contributed by atoms with van der Waals surface area (Å²) in [5.41, 5.74) is 2.12. The van der Waals surface area contributed by atoms with Crippen LogP contribution in [0.25, 0.3) is 0 Å². The summed E-state index contributed by atoms with van der Waals surface area (Å²) in [6.07, 6.45) is 9.24. The number of hydrogen-bond acceptors (Lipinski definition) is 6. The molecule has 0 aliphatic heterocycles. The van der Waals surface area contributed by atoms with Crippen LogP contribution in [0.3, 0.4) is 0 Å². The Labute approximate surface area is 186 Å². The third-order valence-electron chi connectivity index (χ3n) is 4.25. The van der Waals surface area contributed by atoms with Crippen LogP contribution in [0.2, 0.25) is 0 Å². The number of amides is 1. The van der Waals surface area contributed by atoms with Gasteiger partial charge in [0.1, 0.15) is 0 Å². The van der Waals surface area contributed by atoms with Gasteiger partial charge in [-0.2, -0.15) is 9.90 Å². The summed E-state index contributed by atoms with van der Waals surface area (Å²) in [6.45, 7) is 3.62. The number of nitrogens with zero attached hydrogens (tertiary/aromatic N) is 5. The molecule has 2 aromatic heterocycles. The van der Waals surface area contributed by atoms with Gasteiger partial charge in [-0.3, -0.25) is 14.3 Å². The second kappa shape index (κ2) is 11.5. The van der Waals surface area contributed by atoms with Gasteiger partial charge in [0.15, 0.2) is 5.69 Å². The van der Waals surface area contributed by atoms with E-state index >= 15 is 0 Å². The molecule has 170 valence electrons. The van der Waals surface area contributed by atoms with Gasteiger partial charge >= 0.3 is 7.82 Å². The number of likely N-dealkylation sites (N-methyl/N-ethyl adjacent to an activating group) is 1. The lowest BCUT2D eigenvalue weighted by Gasteiger charge is -2.25. The molecule has 0 saturated carbocycles. The average molecular weight is 459 g/mol. The molecule has 0 radical (unpaired) electrons. The molecule has 0 unspecified atom stereocenters. The molecule has 11 heteroatoms. The van der Waals surface area contributed by atoms with Crippen LogP contribution in [0.1, 0.15) is 41.9 Å². The van der Waals surface area contributed by atoms with Crippen molar-refractivity contribution in [2.75, 3.05) is 13.6 Å². The summed E-state index contributed by atoms with van der Waals surface area (Å²) in [5.74, 6) is 5.35. The molecule has 2 aromatic rings. The van der Waals surface area contributed by atoms with Gasteiger partial charge in [-0.15, -0.1) is 5.10 Å². The van der Waals surface area contributed by atoms with Gasteiger partial charge in [0.25, 0.3) is 5.91 Å². The van der Waals surface area contributed by atoms with Crippen LogP contribution in [0.4, 0.5) is 0 Å². The van der Waals surface area contributed by atoms with Gasteiger partial charge in [0.2, 0.25) is 0 Å². The van der Waals surface area contributed by atoms with E-state index in [9.17, 15) is 19.1 Å². The topological polar surface area (TPSA) is 131 Å². The maximum Gasteiger partial charge on any atom is 0.469 e. The van der Waals surface area contributed by atoms with Gasteiger partial charge in [0, 0.05) is 45.0 Å². The van der Waals surface area contributed by atoms with Crippen molar-refractivity contribution in [2.45, 2.75) is 26.4 Å². The SMILES string of the molecule is C/C=C\C(=C/C)C[C@@H](CN(C)C(=O)c1cncc(C#Cc2cnn(C)n2)c1)OP(=O)(O)O. The quantitative estimate of drug-likeness (QED) is 0.349. The van der Waals surface area contributed by atoms with Gasteiger partial charge in [-0.05, 0) is 31.4 Å². The Morgan fingerprint density at radius 2 is 2.06 bits per heavy atom. The Kier molecular flexibility index (Phi) is 9.05. The van der Waals surface area contributed by atoms with E-state index in [0.29, 0.717) is 11.3 Å². The molecule has 0 aromatic carbocycles. The van der Waals surface area contributed by atoms with Crippen LogP contribution in [0, 0.1) is 11.8 Å². The van der Waals surface area contributed by atoms with Crippen LogP contribution >= 0.6 is 7.82 Å². The van der Waals surface area contributed by atoms with Crippen LogP contribution in [-0.2, 0) is 16.1 Å². The molecule has 32 heavy (non-hydrogen) atoms. The molecule has 1 amide bonds. The highest BCUT2D eigenvalue weighted by molar-refractivity contribution is 7.46. The molecule has 1 atom stereocenters. The van der Waals surface area contributed by atoms with Gasteiger partial charge in [-0.1, -0.05) is 24.1 Å². The maximum atomic E-state index is 12.9. The van der Waals surface area contributed by atoms with Crippen LogP contribution in [0.15, 0.2) is 48.5 Å². The Bertz CT molecular complexity index is 1110. The number of aromatic nitrogens is 4. The third kappa shape index (κ3) is 8.21.